The molecular weight excluding hydrogens is 240 g/mol. The van der Waals surface area contributed by atoms with Crippen LogP contribution in [0.5, 0.6) is 0 Å². The normalized spacial score (nSPS) is 15.6. The molecule has 0 atom stereocenters. The molecule has 1 saturated heterocycles. The monoisotopic (exact) mass is 254 g/mol. The zero-order valence-electron chi connectivity index (χ0n) is 10.1. The van der Waals surface area contributed by atoms with Gasteiger partial charge in [-0.3, -0.25) is 0 Å². The maximum absolute atomic E-state index is 11.5. The van der Waals surface area contributed by atoms with E-state index in [1.54, 1.807) is 13.8 Å². The van der Waals surface area contributed by atoms with E-state index >= 15 is 0 Å². The van der Waals surface area contributed by atoms with E-state index in [9.17, 15) is 9.59 Å². The SMILES string of the molecule is CC(C)OC(=O)N1CC(n2cc(C(=O)O)nn2)C1. The number of nitrogens with zero attached hydrogens (tertiary/aromatic N) is 4. The molecule has 0 spiro atoms. The number of ether oxygens (including phenoxy) is 1. The van der Waals surface area contributed by atoms with Crippen molar-refractivity contribution in [1.29, 1.82) is 0 Å². The standard InChI is InChI=1S/C10H14N4O4/c1-6(2)18-10(17)13-3-7(4-13)14-5-8(9(15)16)11-12-14/h5-7H,3-4H2,1-2H3,(H,15,16). The molecule has 0 aliphatic carbocycles. The number of carbonyl (C=O) groups excluding carboxylic acids is 1. The van der Waals surface area contributed by atoms with Gasteiger partial charge >= 0.3 is 12.1 Å². The van der Waals surface area contributed by atoms with Gasteiger partial charge in [0.2, 0.25) is 0 Å². The lowest BCUT2D eigenvalue weighted by molar-refractivity contribution is 0.0365. The highest BCUT2D eigenvalue weighted by Gasteiger charge is 2.34. The first-order valence-corrected chi connectivity index (χ1v) is 5.58. The molecule has 0 unspecified atom stereocenters. The number of amides is 1. The van der Waals surface area contributed by atoms with Crippen LogP contribution in [-0.2, 0) is 4.74 Å². The van der Waals surface area contributed by atoms with Gasteiger partial charge in [-0.1, -0.05) is 5.21 Å². The Kier molecular flexibility index (Phi) is 3.17. The van der Waals surface area contributed by atoms with Gasteiger partial charge in [-0.05, 0) is 13.8 Å². The Labute approximate surface area is 103 Å². The van der Waals surface area contributed by atoms with Crippen LogP contribution in [-0.4, -0.2) is 56.3 Å². The number of carboxylic acid groups (broad SMARTS) is 1. The van der Waals surface area contributed by atoms with E-state index in [0.29, 0.717) is 13.1 Å². The van der Waals surface area contributed by atoms with Gasteiger partial charge in [0.25, 0.3) is 0 Å². The minimum absolute atomic E-state index is 0.0367. The molecule has 1 amide bonds. The van der Waals surface area contributed by atoms with Crippen molar-refractivity contribution in [3.05, 3.63) is 11.9 Å². The number of aromatic carboxylic acids is 1. The first-order chi connectivity index (χ1) is 8.47. The van der Waals surface area contributed by atoms with E-state index in [0.717, 1.165) is 0 Å². The third-order valence-electron chi connectivity index (χ3n) is 2.56. The summed E-state index contributed by atoms with van der Waals surface area (Å²) in [7, 11) is 0. The van der Waals surface area contributed by atoms with Crippen molar-refractivity contribution >= 4 is 12.1 Å². The van der Waals surface area contributed by atoms with Crippen LogP contribution in [0.3, 0.4) is 0 Å². The van der Waals surface area contributed by atoms with Gasteiger partial charge in [0.05, 0.1) is 18.3 Å². The molecule has 1 aliphatic rings. The van der Waals surface area contributed by atoms with Crippen LogP contribution >= 0.6 is 0 Å². The van der Waals surface area contributed by atoms with Gasteiger partial charge in [0, 0.05) is 13.1 Å². The van der Waals surface area contributed by atoms with Crippen LogP contribution in [0.1, 0.15) is 30.4 Å². The van der Waals surface area contributed by atoms with Crippen molar-refractivity contribution in [3.63, 3.8) is 0 Å². The first-order valence-electron chi connectivity index (χ1n) is 5.58. The minimum atomic E-state index is -1.11. The van der Waals surface area contributed by atoms with Crippen molar-refractivity contribution in [2.24, 2.45) is 0 Å². The maximum Gasteiger partial charge on any atom is 0.410 e. The largest absolute Gasteiger partial charge is 0.476 e. The summed E-state index contributed by atoms with van der Waals surface area (Å²) in [6.07, 6.45) is 0.847. The Morgan fingerprint density at radius 1 is 1.50 bits per heavy atom. The lowest BCUT2D eigenvalue weighted by Gasteiger charge is -2.38. The van der Waals surface area contributed by atoms with E-state index in [1.165, 1.54) is 15.8 Å². The molecule has 0 aromatic carbocycles. The highest BCUT2D eigenvalue weighted by atomic mass is 16.6. The van der Waals surface area contributed by atoms with Gasteiger partial charge in [-0.25, -0.2) is 14.3 Å². The van der Waals surface area contributed by atoms with Crippen LogP contribution in [0.25, 0.3) is 0 Å². The fourth-order valence-corrected chi connectivity index (χ4v) is 1.60. The summed E-state index contributed by atoms with van der Waals surface area (Å²) < 4.78 is 6.49. The third-order valence-corrected chi connectivity index (χ3v) is 2.56. The molecule has 1 aliphatic heterocycles. The van der Waals surface area contributed by atoms with Gasteiger partial charge in [-0.15, -0.1) is 5.10 Å². The number of likely N-dealkylation sites (tertiary alicyclic amines) is 1. The Bertz CT molecular complexity index is 464. The Balaban J connectivity index is 1.88. The summed E-state index contributed by atoms with van der Waals surface area (Å²) >= 11 is 0. The molecule has 0 saturated carbocycles. The number of hydrogen-bond acceptors (Lipinski definition) is 5. The molecule has 8 nitrogen and oxygen atoms in total. The fourth-order valence-electron chi connectivity index (χ4n) is 1.60. The predicted molar refractivity (Wildman–Crippen MR) is 59.2 cm³/mol. The number of rotatable bonds is 3. The lowest BCUT2D eigenvalue weighted by Crippen LogP contribution is -2.51. The Morgan fingerprint density at radius 2 is 2.17 bits per heavy atom. The number of aromatic nitrogens is 3. The smallest absolute Gasteiger partial charge is 0.410 e. The quantitative estimate of drug-likeness (QED) is 0.837. The van der Waals surface area contributed by atoms with Crippen LogP contribution < -0.4 is 0 Å². The molecule has 0 radical (unpaired) electrons. The van der Waals surface area contributed by atoms with Crippen LogP contribution in [0.15, 0.2) is 6.20 Å². The molecule has 8 heteroatoms. The summed E-state index contributed by atoms with van der Waals surface area (Å²) in [6, 6.07) is -0.0367. The van der Waals surface area contributed by atoms with E-state index < -0.39 is 5.97 Å². The van der Waals surface area contributed by atoms with E-state index in [2.05, 4.69) is 10.3 Å². The predicted octanol–water partition coefficient (Wildman–Crippen LogP) is 0.378. The second-order valence-electron chi connectivity index (χ2n) is 4.38. The molecule has 2 rings (SSSR count). The molecule has 1 aromatic heterocycles. The van der Waals surface area contributed by atoms with Gasteiger partial charge in [0.1, 0.15) is 0 Å². The van der Waals surface area contributed by atoms with Crippen molar-refractivity contribution in [1.82, 2.24) is 19.9 Å². The molecule has 1 aromatic rings. The van der Waals surface area contributed by atoms with E-state index in [1.807, 2.05) is 0 Å². The second kappa shape index (κ2) is 4.63. The molecule has 0 bridgehead atoms. The van der Waals surface area contributed by atoms with Gasteiger partial charge < -0.3 is 14.7 Å². The summed E-state index contributed by atoms with van der Waals surface area (Å²) in [4.78, 5) is 23.7. The zero-order chi connectivity index (χ0) is 13.3. The highest BCUT2D eigenvalue weighted by Crippen LogP contribution is 2.21. The summed E-state index contributed by atoms with van der Waals surface area (Å²) in [6.45, 7) is 4.47. The molecular formula is C10H14N4O4. The third kappa shape index (κ3) is 2.41. The molecule has 1 fully saturated rings. The fraction of sp³-hybridized carbons (Fsp3) is 0.600. The summed E-state index contributed by atoms with van der Waals surface area (Å²) in [5.74, 6) is -1.11. The van der Waals surface area contributed by atoms with Crippen molar-refractivity contribution in [2.45, 2.75) is 26.0 Å². The summed E-state index contributed by atoms with van der Waals surface area (Å²) in [5, 5.41) is 15.9. The molecule has 1 N–H and O–H groups in total. The zero-order valence-corrected chi connectivity index (χ0v) is 10.1. The average Bonchev–Trinajstić information content (AvgIpc) is 2.62. The topological polar surface area (TPSA) is 97.5 Å². The minimum Gasteiger partial charge on any atom is -0.476 e. The van der Waals surface area contributed by atoms with Crippen molar-refractivity contribution in [3.8, 4) is 0 Å². The average molecular weight is 254 g/mol. The van der Waals surface area contributed by atoms with Gasteiger partial charge in [0.15, 0.2) is 5.69 Å². The highest BCUT2D eigenvalue weighted by molar-refractivity contribution is 5.84. The Morgan fingerprint density at radius 3 is 2.67 bits per heavy atom. The maximum atomic E-state index is 11.5. The van der Waals surface area contributed by atoms with Crippen LogP contribution in [0, 0.1) is 0 Å². The molecule has 18 heavy (non-hydrogen) atoms. The van der Waals surface area contributed by atoms with E-state index in [4.69, 9.17) is 9.84 Å². The van der Waals surface area contributed by atoms with Crippen LogP contribution in [0.4, 0.5) is 4.79 Å². The second-order valence-corrected chi connectivity index (χ2v) is 4.38. The van der Waals surface area contributed by atoms with Crippen LogP contribution in [0.2, 0.25) is 0 Å². The first kappa shape index (κ1) is 12.3. The molecule has 98 valence electrons. The number of carboxylic acids is 1. The lowest BCUT2D eigenvalue weighted by atomic mass is 10.1. The van der Waals surface area contributed by atoms with Crippen molar-refractivity contribution < 1.29 is 19.4 Å². The number of carbonyl (C=O) groups is 2. The molecule has 2 heterocycles. The van der Waals surface area contributed by atoms with Crippen molar-refractivity contribution in [2.75, 3.05) is 13.1 Å². The number of hydrogen-bond donors (Lipinski definition) is 1. The summed E-state index contributed by atoms with van der Waals surface area (Å²) in [5.41, 5.74) is -0.0989. The van der Waals surface area contributed by atoms with E-state index in [-0.39, 0.29) is 23.9 Å². The Hall–Kier alpha value is -2.12. The van der Waals surface area contributed by atoms with Gasteiger partial charge in [-0.2, -0.15) is 0 Å².